The first kappa shape index (κ1) is 17.5. The van der Waals surface area contributed by atoms with Crippen LogP contribution in [0.15, 0.2) is 36.4 Å². The number of thiophene rings is 1. The Kier molecular flexibility index (Phi) is 4.07. The van der Waals surface area contributed by atoms with Gasteiger partial charge in [-0.25, -0.2) is 15.0 Å². The van der Waals surface area contributed by atoms with E-state index in [0.29, 0.717) is 6.61 Å². The minimum Gasteiger partial charge on any atom is -0.370 e. The van der Waals surface area contributed by atoms with Gasteiger partial charge in [0.05, 0.1) is 28.1 Å². The number of nitrogens with zero attached hydrogens (tertiary/aromatic N) is 3. The van der Waals surface area contributed by atoms with E-state index in [1.54, 1.807) is 11.3 Å². The van der Waals surface area contributed by atoms with Gasteiger partial charge in [-0.1, -0.05) is 30.3 Å². The smallest absolute Gasteiger partial charge is 0.148 e. The van der Waals surface area contributed by atoms with Crippen molar-refractivity contribution in [3.63, 3.8) is 0 Å². The number of rotatable bonds is 3. The number of aromatic nitrogens is 3. The lowest BCUT2D eigenvalue weighted by molar-refractivity contribution is -0.0411. The summed E-state index contributed by atoms with van der Waals surface area (Å²) in [6.45, 7) is 7.51. The number of anilines is 1. The van der Waals surface area contributed by atoms with Crippen LogP contribution in [-0.4, -0.2) is 20.6 Å². The van der Waals surface area contributed by atoms with Crippen LogP contribution in [0.5, 0.6) is 0 Å². The second kappa shape index (κ2) is 6.50. The van der Waals surface area contributed by atoms with E-state index in [9.17, 15) is 0 Å². The highest BCUT2D eigenvalue weighted by molar-refractivity contribution is 7.25. The quantitative estimate of drug-likeness (QED) is 0.533. The highest BCUT2D eigenvalue weighted by atomic mass is 32.1. The SMILES string of the molecule is Cc1nc(NCc2ccccc2)c2sc3nc4c(cc3c2n1)COC(C)(C)C4. The van der Waals surface area contributed by atoms with E-state index in [2.05, 4.69) is 54.5 Å². The van der Waals surface area contributed by atoms with Gasteiger partial charge >= 0.3 is 0 Å². The van der Waals surface area contributed by atoms with Crippen LogP contribution in [0.3, 0.4) is 0 Å². The Hall–Kier alpha value is -2.57. The summed E-state index contributed by atoms with van der Waals surface area (Å²) in [6, 6.07) is 12.6. The van der Waals surface area contributed by atoms with Gasteiger partial charge < -0.3 is 10.1 Å². The Labute approximate surface area is 167 Å². The van der Waals surface area contributed by atoms with Crippen molar-refractivity contribution in [1.29, 1.82) is 0 Å². The van der Waals surface area contributed by atoms with Crippen molar-refractivity contribution in [2.75, 3.05) is 5.32 Å². The lowest BCUT2D eigenvalue weighted by Crippen LogP contribution is -2.32. The van der Waals surface area contributed by atoms with E-state index in [0.717, 1.165) is 50.7 Å². The fourth-order valence-electron chi connectivity index (χ4n) is 3.67. The standard InChI is InChI=1S/C22H22N4OS/c1-13-24-18-16-9-15-12-27-22(2,3)10-17(15)26-21(16)28-19(18)20(25-13)23-11-14-7-5-4-6-8-14/h4-9H,10-12H2,1-3H3,(H,23,24,25). The van der Waals surface area contributed by atoms with Gasteiger partial charge in [0, 0.05) is 23.9 Å². The molecule has 28 heavy (non-hydrogen) atoms. The van der Waals surface area contributed by atoms with E-state index in [1.165, 1.54) is 11.1 Å². The molecule has 3 aromatic heterocycles. The molecule has 4 aromatic rings. The van der Waals surface area contributed by atoms with Crippen LogP contribution in [0.1, 0.15) is 36.5 Å². The maximum atomic E-state index is 5.98. The zero-order chi connectivity index (χ0) is 19.3. The molecule has 0 spiro atoms. The molecule has 0 amide bonds. The molecule has 1 aromatic carbocycles. The number of hydrogen-bond acceptors (Lipinski definition) is 6. The minimum absolute atomic E-state index is 0.164. The molecule has 0 bridgehead atoms. The van der Waals surface area contributed by atoms with Gasteiger partial charge in [-0.3, -0.25) is 0 Å². The van der Waals surface area contributed by atoms with E-state index < -0.39 is 0 Å². The first-order valence-electron chi connectivity index (χ1n) is 9.50. The summed E-state index contributed by atoms with van der Waals surface area (Å²) < 4.78 is 7.04. The Balaban J connectivity index is 1.60. The summed E-state index contributed by atoms with van der Waals surface area (Å²) in [7, 11) is 0. The summed E-state index contributed by atoms with van der Waals surface area (Å²) in [5.41, 5.74) is 4.34. The fourth-order valence-corrected chi connectivity index (χ4v) is 4.75. The summed E-state index contributed by atoms with van der Waals surface area (Å²) in [4.78, 5) is 15.4. The molecule has 0 saturated carbocycles. The zero-order valence-corrected chi connectivity index (χ0v) is 17.1. The Morgan fingerprint density at radius 3 is 2.79 bits per heavy atom. The molecule has 4 heterocycles. The highest BCUT2D eigenvalue weighted by Crippen LogP contribution is 2.38. The third-order valence-electron chi connectivity index (χ3n) is 5.10. The van der Waals surface area contributed by atoms with Crippen LogP contribution in [-0.2, 0) is 24.3 Å². The molecule has 5 nitrogen and oxygen atoms in total. The zero-order valence-electron chi connectivity index (χ0n) is 16.2. The Morgan fingerprint density at radius 2 is 1.96 bits per heavy atom. The Bertz CT molecular complexity index is 1180. The lowest BCUT2D eigenvalue weighted by atomic mass is 9.95. The lowest BCUT2D eigenvalue weighted by Gasteiger charge is -2.30. The molecule has 1 aliphatic rings. The molecule has 0 saturated heterocycles. The fraction of sp³-hybridized carbons (Fsp3) is 0.318. The molecular formula is C22H22N4OS. The third kappa shape index (κ3) is 3.12. The largest absolute Gasteiger partial charge is 0.370 e. The topological polar surface area (TPSA) is 59.9 Å². The van der Waals surface area contributed by atoms with Gasteiger partial charge in [0.15, 0.2) is 0 Å². The maximum Gasteiger partial charge on any atom is 0.148 e. The van der Waals surface area contributed by atoms with Crippen molar-refractivity contribution in [2.24, 2.45) is 0 Å². The molecule has 1 N–H and O–H groups in total. The van der Waals surface area contributed by atoms with Crippen molar-refractivity contribution in [3.05, 3.63) is 59.0 Å². The predicted octanol–water partition coefficient (Wildman–Crippen LogP) is 5.01. The summed E-state index contributed by atoms with van der Waals surface area (Å²) >= 11 is 1.67. The van der Waals surface area contributed by atoms with Crippen LogP contribution in [0.4, 0.5) is 5.82 Å². The van der Waals surface area contributed by atoms with Crippen molar-refractivity contribution in [1.82, 2.24) is 15.0 Å². The van der Waals surface area contributed by atoms with Gasteiger partial charge in [-0.2, -0.15) is 0 Å². The van der Waals surface area contributed by atoms with E-state index in [-0.39, 0.29) is 5.60 Å². The summed E-state index contributed by atoms with van der Waals surface area (Å²) in [5.74, 6) is 1.64. The number of hydrogen-bond donors (Lipinski definition) is 1. The molecule has 1 aliphatic heterocycles. The molecule has 0 unspecified atom stereocenters. The highest BCUT2D eigenvalue weighted by Gasteiger charge is 2.28. The van der Waals surface area contributed by atoms with E-state index >= 15 is 0 Å². The van der Waals surface area contributed by atoms with Gasteiger partial charge in [0.1, 0.15) is 16.5 Å². The van der Waals surface area contributed by atoms with Gasteiger partial charge in [0.2, 0.25) is 0 Å². The molecular weight excluding hydrogens is 368 g/mol. The molecule has 0 radical (unpaired) electrons. The van der Waals surface area contributed by atoms with Crippen LogP contribution >= 0.6 is 11.3 Å². The number of pyridine rings is 1. The first-order valence-corrected chi connectivity index (χ1v) is 10.3. The van der Waals surface area contributed by atoms with Gasteiger partial charge in [0.25, 0.3) is 0 Å². The average Bonchev–Trinajstić information content (AvgIpc) is 3.02. The minimum atomic E-state index is -0.164. The number of fused-ring (bicyclic) bond motifs is 4. The monoisotopic (exact) mass is 390 g/mol. The second-order valence-corrected chi connectivity index (χ2v) is 8.91. The second-order valence-electron chi connectivity index (χ2n) is 7.91. The van der Waals surface area contributed by atoms with E-state index in [4.69, 9.17) is 14.7 Å². The van der Waals surface area contributed by atoms with Gasteiger partial charge in [-0.15, -0.1) is 11.3 Å². The molecule has 142 valence electrons. The third-order valence-corrected chi connectivity index (χ3v) is 6.20. The van der Waals surface area contributed by atoms with Crippen LogP contribution in [0.25, 0.3) is 20.4 Å². The molecule has 0 atom stereocenters. The Morgan fingerprint density at radius 1 is 1.14 bits per heavy atom. The molecule has 5 rings (SSSR count). The van der Waals surface area contributed by atoms with Crippen LogP contribution in [0, 0.1) is 6.92 Å². The van der Waals surface area contributed by atoms with Crippen LogP contribution < -0.4 is 5.32 Å². The summed E-state index contributed by atoms with van der Waals surface area (Å²) in [6.07, 6.45) is 0.830. The van der Waals surface area contributed by atoms with E-state index in [1.807, 2.05) is 13.0 Å². The van der Waals surface area contributed by atoms with Crippen molar-refractivity contribution >= 4 is 37.6 Å². The summed E-state index contributed by atoms with van der Waals surface area (Å²) in [5, 5.41) is 4.59. The molecule has 0 aliphatic carbocycles. The number of benzene rings is 1. The molecule has 0 fully saturated rings. The molecule has 6 heteroatoms. The number of nitrogens with one attached hydrogen (secondary N) is 1. The first-order chi connectivity index (χ1) is 13.5. The maximum absolute atomic E-state index is 5.98. The number of aryl methyl sites for hydroxylation is 1. The normalized spacial score (nSPS) is 15.7. The number of ether oxygens (including phenoxy) is 1. The van der Waals surface area contributed by atoms with Gasteiger partial charge in [-0.05, 0) is 32.4 Å². The average molecular weight is 391 g/mol. The van der Waals surface area contributed by atoms with Crippen molar-refractivity contribution in [3.8, 4) is 0 Å². The predicted molar refractivity (Wildman–Crippen MR) is 114 cm³/mol. The van der Waals surface area contributed by atoms with Crippen molar-refractivity contribution in [2.45, 2.75) is 45.9 Å². The van der Waals surface area contributed by atoms with Crippen LogP contribution in [0.2, 0.25) is 0 Å². The van der Waals surface area contributed by atoms with Crippen molar-refractivity contribution < 1.29 is 4.74 Å².